The average Bonchev–Trinajstić information content (AvgIpc) is 2.37. The van der Waals surface area contributed by atoms with Gasteiger partial charge >= 0.3 is 11.9 Å². The van der Waals surface area contributed by atoms with Crippen LogP contribution < -0.4 is 4.90 Å². The predicted octanol–water partition coefficient (Wildman–Crippen LogP) is 2.11. The molecule has 0 aliphatic carbocycles. The van der Waals surface area contributed by atoms with Gasteiger partial charge in [0.2, 0.25) is 0 Å². The predicted molar refractivity (Wildman–Crippen MR) is 77.2 cm³/mol. The van der Waals surface area contributed by atoms with Gasteiger partial charge < -0.3 is 14.7 Å². The van der Waals surface area contributed by atoms with E-state index in [2.05, 4.69) is 6.58 Å². The van der Waals surface area contributed by atoms with E-state index in [-0.39, 0.29) is 12.2 Å². The number of ether oxygens (including phenoxy) is 1. The topological polar surface area (TPSA) is 66.8 Å². The van der Waals surface area contributed by atoms with E-state index >= 15 is 0 Å². The van der Waals surface area contributed by atoms with Crippen molar-refractivity contribution in [3.8, 4) is 0 Å². The van der Waals surface area contributed by atoms with E-state index in [1.54, 1.807) is 25.1 Å². The summed E-state index contributed by atoms with van der Waals surface area (Å²) in [6.45, 7) is 5.18. The summed E-state index contributed by atoms with van der Waals surface area (Å²) in [5.74, 6) is -1.46. The Morgan fingerprint density at radius 3 is 2.50 bits per heavy atom. The largest absolute Gasteiger partial charge is 0.478 e. The van der Waals surface area contributed by atoms with Crippen molar-refractivity contribution in [2.24, 2.45) is 0 Å². The van der Waals surface area contributed by atoms with Crippen molar-refractivity contribution < 1.29 is 19.4 Å². The fourth-order valence-corrected chi connectivity index (χ4v) is 1.65. The number of aromatic carboxylic acids is 1. The third kappa shape index (κ3) is 4.12. The normalized spacial score (nSPS) is 9.95. The minimum atomic E-state index is -0.989. The van der Waals surface area contributed by atoms with Crippen molar-refractivity contribution in [1.82, 2.24) is 0 Å². The van der Waals surface area contributed by atoms with Gasteiger partial charge in [0.15, 0.2) is 0 Å². The number of hydrogen-bond acceptors (Lipinski definition) is 4. The van der Waals surface area contributed by atoms with E-state index in [9.17, 15) is 9.59 Å². The molecule has 1 rings (SSSR count). The van der Waals surface area contributed by atoms with E-state index < -0.39 is 11.9 Å². The molecule has 0 fully saturated rings. The first kappa shape index (κ1) is 15.8. The Morgan fingerprint density at radius 2 is 2.00 bits per heavy atom. The van der Waals surface area contributed by atoms with E-state index in [4.69, 9.17) is 9.84 Å². The highest BCUT2D eigenvalue weighted by Gasteiger charge is 2.12. The smallest absolute Gasteiger partial charge is 0.335 e. The zero-order valence-electron chi connectivity index (χ0n) is 12.0. The van der Waals surface area contributed by atoms with Crippen LogP contribution in [0.3, 0.4) is 0 Å². The third-order valence-corrected chi connectivity index (χ3v) is 2.79. The lowest BCUT2D eigenvalue weighted by molar-refractivity contribution is -0.138. The van der Waals surface area contributed by atoms with Crippen molar-refractivity contribution in [3.63, 3.8) is 0 Å². The lowest BCUT2D eigenvalue weighted by Crippen LogP contribution is -2.13. The molecule has 0 heterocycles. The van der Waals surface area contributed by atoms with Gasteiger partial charge in [-0.05, 0) is 30.7 Å². The van der Waals surface area contributed by atoms with Crippen LogP contribution in [0.5, 0.6) is 0 Å². The van der Waals surface area contributed by atoms with E-state index in [1.807, 2.05) is 19.0 Å². The van der Waals surface area contributed by atoms with E-state index in [0.29, 0.717) is 17.6 Å². The lowest BCUT2D eigenvalue weighted by atomic mass is 10.0. The molecular weight excluding hydrogens is 258 g/mol. The summed E-state index contributed by atoms with van der Waals surface area (Å²) in [4.78, 5) is 24.3. The first-order chi connectivity index (χ1) is 9.32. The monoisotopic (exact) mass is 277 g/mol. The van der Waals surface area contributed by atoms with Crippen LogP contribution in [0.1, 0.15) is 22.8 Å². The molecule has 0 spiro atoms. The summed E-state index contributed by atoms with van der Waals surface area (Å²) in [6.07, 6.45) is 0.350. The molecule has 0 aliphatic rings. The van der Waals surface area contributed by atoms with Gasteiger partial charge in [0.25, 0.3) is 0 Å². The number of rotatable bonds is 6. The lowest BCUT2D eigenvalue weighted by Gasteiger charge is -2.15. The second-order valence-electron chi connectivity index (χ2n) is 4.71. The Bertz CT molecular complexity index is 535. The van der Waals surface area contributed by atoms with Crippen LogP contribution in [-0.2, 0) is 16.0 Å². The van der Waals surface area contributed by atoms with Gasteiger partial charge in [0.1, 0.15) is 0 Å². The first-order valence-corrected chi connectivity index (χ1v) is 6.19. The summed E-state index contributed by atoms with van der Waals surface area (Å²) in [5.41, 5.74) is 2.09. The second-order valence-corrected chi connectivity index (χ2v) is 4.71. The van der Waals surface area contributed by atoms with Crippen LogP contribution in [-0.4, -0.2) is 37.7 Å². The number of anilines is 1. The Hall–Kier alpha value is -2.30. The van der Waals surface area contributed by atoms with Crippen molar-refractivity contribution in [1.29, 1.82) is 0 Å². The van der Waals surface area contributed by atoms with E-state index in [1.165, 1.54) is 0 Å². The molecule has 0 radical (unpaired) electrons. The van der Waals surface area contributed by atoms with Crippen LogP contribution >= 0.6 is 0 Å². The molecule has 0 amide bonds. The summed E-state index contributed by atoms with van der Waals surface area (Å²) in [5, 5.41) is 9.16. The number of nitrogens with zero attached hydrogens (tertiary/aromatic N) is 1. The maximum absolute atomic E-state index is 11.3. The van der Waals surface area contributed by atoms with Crippen molar-refractivity contribution in [2.45, 2.75) is 13.3 Å². The van der Waals surface area contributed by atoms with Gasteiger partial charge in [0, 0.05) is 31.8 Å². The zero-order chi connectivity index (χ0) is 15.3. The molecule has 5 nitrogen and oxygen atoms in total. The minimum absolute atomic E-state index is 0.128. The molecule has 20 heavy (non-hydrogen) atoms. The average molecular weight is 277 g/mol. The molecule has 1 aromatic carbocycles. The molecule has 0 saturated heterocycles. The Balaban J connectivity index is 2.85. The van der Waals surface area contributed by atoms with Crippen LogP contribution in [0.2, 0.25) is 0 Å². The molecular formula is C15H19NO4. The molecule has 0 atom stereocenters. The van der Waals surface area contributed by atoms with Gasteiger partial charge in [-0.1, -0.05) is 6.58 Å². The number of carbonyl (C=O) groups is 2. The maximum atomic E-state index is 11.3. The quantitative estimate of drug-likeness (QED) is 0.637. The number of benzene rings is 1. The van der Waals surface area contributed by atoms with Crippen LogP contribution in [0.4, 0.5) is 5.69 Å². The molecule has 108 valence electrons. The van der Waals surface area contributed by atoms with Crippen molar-refractivity contribution >= 4 is 17.6 Å². The van der Waals surface area contributed by atoms with Gasteiger partial charge in [-0.25, -0.2) is 9.59 Å². The van der Waals surface area contributed by atoms with Crippen molar-refractivity contribution in [2.75, 3.05) is 25.6 Å². The fourth-order valence-electron chi connectivity index (χ4n) is 1.65. The van der Waals surface area contributed by atoms with Gasteiger partial charge in [-0.3, -0.25) is 0 Å². The minimum Gasteiger partial charge on any atom is -0.478 e. The Labute approximate surface area is 118 Å². The highest BCUT2D eigenvalue weighted by atomic mass is 16.5. The number of esters is 1. The van der Waals surface area contributed by atoms with Crippen LogP contribution in [0.15, 0.2) is 30.4 Å². The highest BCUT2D eigenvalue weighted by Crippen LogP contribution is 2.19. The second kappa shape index (κ2) is 6.75. The van der Waals surface area contributed by atoms with E-state index in [0.717, 1.165) is 5.69 Å². The fraction of sp³-hybridized carbons (Fsp3) is 0.333. The van der Waals surface area contributed by atoms with Gasteiger partial charge in [-0.15, -0.1) is 0 Å². The molecule has 0 aromatic heterocycles. The molecule has 1 aromatic rings. The zero-order valence-corrected chi connectivity index (χ0v) is 12.0. The summed E-state index contributed by atoms with van der Waals surface area (Å²) in [6, 6.07) is 5.10. The van der Waals surface area contributed by atoms with Crippen LogP contribution in [0, 0.1) is 0 Å². The third-order valence-electron chi connectivity index (χ3n) is 2.79. The Morgan fingerprint density at radius 1 is 1.35 bits per heavy atom. The van der Waals surface area contributed by atoms with Crippen LogP contribution in [0.25, 0.3) is 0 Å². The van der Waals surface area contributed by atoms with Crippen molar-refractivity contribution in [3.05, 3.63) is 41.5 Å². The summed E-state index contributed by atoms with van der Waals surface area (Å²) < 4.78 is 5.00. The molecule has 0 saturated carbocycles. The Kier molecular flexibility index (Phi) is 5.32. The molecule has 5 heteroatoms. The number of hydrogen-bond donors (Lipinski definition) is 1. The van der Waals surface area contributed by atoms with Gasteiger partial charge in [0.05, 0.1) is 12.2 Å². The first-order valence-electron chi connectivity index (χ1n) is 6.19. The number of carbonyl (C=O) groups excluding carboxylic acids is 1. The highest BCUT2D eigenvalue weighted by molar-refractivity contribution is 5.90. The molecule has 1 N–H and O–H groups in total. The summed E-state index contributed by atoms with van der Waals surface area (Å²) in [7, 11) is 3.75. The molecule has 0 bridgehead atoms. The van der Waals surface area contributed by atoms with Gasteiger partial charge in [-0.2, -0.15) is 0 Å². The SMILES string of the molecule is C=C(C)C(=O)OCCc1cc(N(C)C)ccc1C(=O)O. The standard InChI is InChI=1S/C15H19NO4/c1-10(2)15(19)20-8-7-11-9-12(16(3)4)5-6-13(11)14(17)18/h5-6,9H,1,7-8H2,2-4H3,(H,17,18). The molecule has 0 unspecified atom stereocenters. The maximum Gasteiger partial charge on any atom is 0.335 e. The number of carboxylic acid groups (broad SMARTS) is 1. The number of carboxylic acids is 1. The molecule has 0 aliphatic heterocycles. The summed E-state index contributed by atoms with van der Waals surface area (Å²) >= 11 is 0.